The van der Waals surface area contributed by atoms with Crippen molar-refractivity contribution in [1.29, 1.82) is 0 Å². The maximum absolute atomic E-state index is 12.2. The van der Waals surface area contributed by atoms with Crippen LogP contribution >= 0.6 is 0 Å². The maximum atomic E-state index is 12.2. The van der Waals surface area contributed by atoms with Crippen LogP contribution in [0.3, 0.4) is 0 Å². The molecule has 6 heteroatoms. The van der Waals surface area contributed by atoms with Crippen LogP contribution in [0.4, 0.5) is 5.69 Å². The van der Waals surface area contributed by atoms with E-state index >= 15 is 0 Å². The number of aliphatic hydroxyl groups excluding tert-OH is 1. The van der Waals surface area contributed by atoms with E-state index in [0.29, 0.717) is 24.2 Å². The van der Waals surface area contributed by atoms with E-state index in [4.69, 9.17) is 5.11 Å². The van der Waals surface area contributed by atoms with E-state index in [2.05, 4.69) is 15.6 Å². The van der Waals surface area contributed by atoms with E-state index in [0.717, 1.165) is 28.9 Å². The van der Waals surface area contributed by atoms with Gasteiger partial charge in [-0.05, 0) is 43.5 Å². The standard InChI is InChI=1S/C19H21N3O3/c1-12-10-17(19(25)20-8-4-5-9-23)21-16(12)11-14-13-6-2-3-7-15(13)22-18(14)24/h2-3,6-7,10-11,21,23H,4-5,8-9H2,1H3,(H,20,25)(H,22,24). The molecular weight excluding hydrogens is 318 g/mol. The summed E-state index contributed by atoms with van der Waals surface area (Å²) in [4.78, 5) is 27.4. The van der Waals surface area contributed by atoms with Crippen molar-refractivity contribution in [3.8, 4) is 0 Å². The molecule has 0 unspecified atom stereocenters. The summed E-state index contributed by atoms with van der Waals surface area (Å²) in [5.41, 5.74) is 4.32. The summed E-state index contributed by atoms with van der Waals surface area (Å²) in [6.07, 6.45) is 3.17. The lowest BCUT2D eigenvalue weighted by molar-refractivity contribution is -0.110. The predicted octanol–water partition coefficient (Wildman–Crippen LogP) is 2.32. The molecule has 2 amide bonds. The van der Waals surface area contributed by atoms with Crippen molar-refractivity contribution in [1.82, 2.24) is 10.3 Å². The molecule has 1 aromatic heterocycles. The number of rotatable bonds is 6. The van der Waals surface area contributed by atoms with Gasteiger partial charge in [0, 0.05) is 30.1 Å². The molecule has 0 saturated carbocycles. The van der Waals surface area contributed by atoms with Crippen molar-refractivity contribution in [3.63, 3.8) is 0 Å². The van der Waals surface area contributed by atoms with Crippen LogP contribution in [-0.4, -0.2) is 35.1 Å². The van der Waals surface area contributed by atoms with E-state index in [9.17, 15) is 9.59 Å². The molecule has 25 heavy (non-hydrogen) atoms. The Kier molecular flexibility index (Phi) is 5.00. The fourth-order valence-electron chi connectivity index (χ4n) is 2.81. The highest BCUT2D eigenvalue weighted by Crippen LogP contribution is 2.32. The first-order valence-electron chi connectivity index (χ1n) is 8.31. The Hall–Kier alpha value is -2.86. The Bertz CT molecular complexity index is 836. The number of aryl methyl sites for hydroxylation is 1. The summed E-state index contributed by atoms with van der Waals surface area (Å²) in [6.45, 7) is 2.53. The number of aliphatic hydroxyl groups is 1. The minimum atomic E-state index is -0.193. The number of para-hydroxylation sites is 1. The van der Waals surface area contributed by atoms with E-state index in [1.807, 2.05) is 31.2 Å². The number of nitrogens with one attached hydrogen (secondary N) is 3. The number of H-pyrrole nitrogens is 1. The van der Waals surface area contributed by atoms with Gasteiger partial charge in [0.25, 0.3) is 11.8 Å². The van der Waals surface area contributed by atoms with Gasteiger partial charge < -0.3 is 20.7 Å². The first-order chi connectivity index (χ1) is 12.1. The molecule has 0 aliphatic carbocycles. The molecule has 3 rings (SSSR count). The van der Waals surface area contributed by atoms with Gasteiger partial charge in [-0.2, -0.15) is 0 Å². The summed E-state index contributed by atoms with van der Waals surface area (Å²) >= 11 is 0. The molecule has 0 atom stereocenters. The van der Waals surface area contributed by atoms with Crippen LogP contribution < -0.4 is 10.6 Å². The summed E-state index contributed by atoms with van der Waals surface area (Å²) < 4.78 is 0. The Balaban J connectivity index is 1.79. The molecule has 0 bridgehead atoms. The van der Waals surface area contributed by atoms with E-state index in [1.165, 1.54) is 0 Å². The molecule has 4 N–H and O–H groups in total. The highest BCUT2D eigenvalue weighted by molar-refractivity contribution is 6.34. The molecule has 2 aromatic rings. The van der Waals surface area contributed by atoms with Crippen molar-refractivity contribution >= 4 is 29.2 Å². The monoisotopic (exact) mass is 339 g/mol. The molecule has 0 spiro atoms. The van der Waals surface area contributed by atoms with Gasteiger partial charge in [0.15, 0.2) is 0 Å². The second-order valence-electron chi connectivity index (χ2n) is 6.02. The minimum absolute atomic E-state index is 0.124. The van der Waals surface area contributed by atoms with Crippen molar-refractivity contribution in [2.75, 3.05) is 18.5 Å². The van der Waals surface area contributed by atoms with Gasteiger partial charge in [-0.3, -0.25) is 9.59 Å². The maximum Gasteiger partial charge on any atom is 0.267 e. The van der Waals surface area contributed by atoms with Crippen molar-refractivity contribution in [2.24, 2.45) is 0 Å². The second kappa shape index (κ2) is 7.36. The van der Waals surface area contributed by atoms with Gasteiger partial charge in [0.05, 0.1) is 5.57 Å². The number of carbonyl (C=O) groups is 2. The van der Waals surface area contributed by atoms with Gasteiger partial charge in [-0.15, -0.1) is 0 Å². The van der Waals surface area contributed by atoms with Gasteiger partial charge in [0.2, 0.25) is 0 Å². The smallest absolute Gasteiger partial charge is 0.267 e. The number of hydrogen-bond donors (Lipinski definition) is 4. The van der Waals surface area contributed by atoms with Crippen LogP contribution in [0.15, 0.2) is 30.3 Å². The third-order valence-electron chi connectivity index (χ3n) is 4.17. The molecular formula is C19H21N3O3. The number of amides is 2. The van der Waals surface area contributed by atoms with E-state index < -0.39 is 0 Å². The zero-order valence-corrected chi connectivity index (χ0v) is 14.1. The Morgan fingerprint density at radius 3 is 2.88 bits per heavy atom. The second-order valence-corrected chi connectivity index (χ2v) is 6.02. The van der Waals surface area contributed by atoms with Gasteiger partial charge >= 0.3 is 0 Å². The highest BCUT2D eigenvalue weighted by atomic mass is 16.3. The molecule has 0 radical (unpaired) electrons. The number of carbonyl (C=O) groups excluding carboxylic acids is 2. The fraction of sp³-hybridized carbons (Fsp3) is 0.263. The number of unbranched alkanes of at least 4 members (excludes halogenated alkanes) is 1. The van der Waals surface area contributed by atoms with Crippen LogP contribution in [0.25, 0.3) is 11.6 Å². The first-order valence-corrected chi connectivity index (χ1v) is 8.31. The summed E-state index contributed by atoms with van der Waals surface area (Å²) in [5, 5.41) is 14.4. The van der Waals surface area contributed by atoms with Crippen molar-refractivity contribution in [2.45, 2.75) is 19.8 Å². The Labute approximate surface area is 146 Å². The summed E-state index contributed by atoms with van der Waals surface area (Å²) in [7, 11) is 0. The lowest BCUT2D eigenvalue weighted by atomic mass is 10.1. The lowest BCUT2D eigenvalue weighted by Crippen LogP contribution is -2.24. The quantitative estimate of drug-likeness (QED) is 0.480. The summed E-state index contributed by atoms with van der Waals surface area (Å²) in [6, 6.07) is 9.29. The predicted molar refractivity (Wildman–Crippen MR) is 97.1 cm³/mol. The number of aromatic amines is 1. The van der Waals surface area contributed by atoms with E-state index in [-0.39, 0.29) is 18.4 Å². The number of anilines is 1. The molecule has 1 aliphatic heterocycles. The molecule has 6 nitrogen and oxygen atoms in total. The highest BCUT2D eigenvalue weighted by Gasteiger charge is 2.24. The normalized spacial score (nSPS) is 14.5. The third kappa shape index (κ3) is 3.64. The number of hydrogen-bond acceptors (Lipinski definition) is 3. The number of aromatic nitrogens is 1. The van der Waals surface area contributed by atoms with Crippen molar-refractivity contribution < 1.29 is 14.7 Å². The Morgan fingerprint density at radius 2 is 2.08 bits per heavy atom. The molecule has 0 saturated heterocycles. The minimum Gasteiger partial charge on any atom is -0.396 e. The average Bonchev–Trinajstić information content (AvgIpc) is 3.12. The molecule has 1 aromatic carbocycles. The first kappa shape index (κ1) is 17.0. The van der Waals surface area contributed by atoms with Gasteiger partial charge in [-0.25, -0.2) is 0 Å². The van der Waals surface area contributed by atoms with Crippen LogP contribution in [0.2, 0.25) is 0 Å². The Morgan fingerprint density at radius 1 is 1.28 bits per heavy atom. The third-order valence-corrected chi connectivity index (χ3v) is 4.17. The zero-order chi connectivity index (χ0) is 17.8. The average molecular weight is 339 g/mol. The molecule has 0 fully saturated rings. The topological polar surface area (TPSA) is 94.2 Å². The van der Waals surface area contributed by atoms with Crippen LogP contribution in [0.1, 0.15) is 40.2 Å². The SMILES string of the molecule is Cc1cc(C(=O)NCCCCO)[nH]c1C=C1C(=O)Nc2ccccc21. The molecule has 2 heterocycles. The van der Waals surface area contributed by atoms with Gasteiger partial charge in [-0.1, -0.05) is 18.2 Å². The van der Waals surface area contributed by atoms with Crippen molar-refractivity contribution in [3.05, 3.63) is 52.8 Å². The van der Waals surface area contributed by atoms with E-state index in [1.54, 1.807) is 12.1 Å². The van der Waals surface area contributed by atoms with Crippen LogP contribution in [0, 0.1) is 6.92 Å². The van der Waals surface area contributed by atoms with Gasteiger partial charge in [0.1, 0.15) is 5.69 Å². The zero-order valence-electron chi connectivity index (χ0n) is 14.1. The fourth-order valence-corrected chi connectivity index (χ4v) is 2.81. The lowest BCUT2D eigenvalue weighted by Gasteiger charge is -2.02. The summed E-state index contributed by atoms with van der Waals surface area (Å²) in [5.74, 6) is -0.341. The molecule has 1 aliphatic rings. The van der Waals surface area contributed by atoms with Crippen LogP contribution in [-0.2, 0) is 4.79 Å². The van der Waals surface area contributed by atoms with Crippen LogP contribution in [0.5, 0.6) is 0 Å². The number of fused-ring (bicyclic) bond motifs is 1. The number of benzene rings is 1. The molecule has 130 valence electrons. The largest absolute Gasteiger partial charge is 0.396 e.